The lowest BCUT2D eigenvalue weighted by Crippen LogP contribution is -2.30. The number of allylic oxidation sites excluding steroid dienone is 16. The van der Waals surface area contributed by atoms with Crippen LogP contribution < -0.4 is 0 Å². The van der Waals surface area contributed by atoms with Crippen LogP contribution in [0.15, 0.2) is 97.2 Å². The van der Waals surface area contributed by atoms with Gasteiger partial charge in [0.05, 0.1) is 26.4 Å². The third-order valence-corrected chi connectivity index (χ3v) is 18.9. The van der Waals surface area contributed by atoms with Gasteiger partial charge in [-0.1, -0.05) is 273 Å². The molecule has 17 nitrogen and oxygen atoms in total. The second kappa shape index (κ2) is 75.2. The van der Waals surface area contributed by atoms with Gasteiger partial charge in [0.2, 0.25) is 0 Å². The Morgan fingerprint density at radius 3 is 0.814 bits per heavy atom. The number of phosphoric acid groups is 2. The summed E-state index contributed by atoms with van der Waals surface area (Å²) in [5.41, 5.74) is 0. The van der Waals surface area contributed by atoms with E-state index in [1.165, 1.54) is 103 Å². The van der Waals surface area contributed by atoms with Crippen LogP contribution in [0.2, 0.25) is 0 Å². The molecule has 0 saturated carbocycles. The Morgan fingerprint density at radius 2 is 0.510 bits per heavy atom. The van der Waals surface area contributed by atoms with Crippen LogP contribution in [0.5, 0.6) is 0 Å². The first kappa shape index (κ1) is 98.0. The summed E-state index contributed by atoms with van der Waals surface area (Å²) in [5.74, 6) is -2.22. The van der Waals surface area contributed by atoms with E-state index in [9.17, 15) is 43.2 Å². The Bertz CT molecular complexity index is 2310. The van der Waals surface area contributed by atoms with E-state index in [4.69, 9.17) is 37.0 Å². The molecule has 102 heavy (non-hydrogen) atoms. The second-order valence-corrected chi connectivity index (χ2v) is 29.9. The Hall–Kier alpha value is -4.02. The molecule has 2 unspecified atom stereocenters. The van der Waals surface area contributed by atoms with Gasteiger partial charge >= 0.3 is 39.5 Å². The predicted molar refractivity (Wildman–Crippen MR) is 418 cm³/mol. The normalized spacial score (nSPS) is 14.4. The van der Waals surface area contributed by atoms with E-state index in [2.05, 4.69) is 125 Å². The first-order chi connectivity index (χ1) is 49.7. The van der Waals surface area contributed by atoms with Gasteiger partial charge in [0.1, 0.15) is 19.3 Å². The molecule has 0 rings (SSSR count). The maximum absolute atomic E-state index is 13.1. The third kappa shape index (κ3) is 74.3. The first-order valence-corrected chi connectivity index (χ1v) is 43.5. The molecule has 0 spiro atoms. The van der Waals surface area contributed by atoms with Gasteiger partial charge in [0.15, 0.2) is 12.2 Å². The van der Waals surface area contributed by atoms with Crippen LogP contribution in [0.1, 0.15) is 349 Å². The number of carbonyl (C=O) groups is 4. The van der Waals surface area contributed by atoms with E-state index < -0.39 is 97.5 Å². The van der Waals surface area contributed by atoms with Crippen LogP contribution in [0, 0.1) is 0 Å². The lowest BCUT2D eigenvalue weighted by molar-refractivity contribution is -0.161. The Kier molecular flexibility index (Phi) is 72.3. The van der Waals surface area contributed by atoms with Crippen molar-refractivity contribution in [2.75, 3.05) is 39.6 Å². The van der Waals surface area contributed by atoms with Crippen LogP contribution in [0.25, 0.3) is 0 Å². The molecule has 590 valence electrons. The minimum Gasteiger partial charge on any atom is -0.462 e. The summed E-state index contributed by atoms with van der Waals surface area (Å²) in [7, 11) is -9.97. The molecule has 0 amide bonds. The van der Waals surface area contributed by atoms with Gasteiger partial charge in [-0.2, -0.15) is 0 Å². The van der Waals surface area contributed by atoms with Crippen LogP contribution in [0.4, 0.5) is 0 Å². The fourth-order valence-corrected chi connectivity index (χ4v) is 12.4. The van der Waals surface area contributed by atoms with Gasteiger partial charge in [0, 0.05) is 25.7 Å². The summed E-state index contributed by atoms with van der Waals surface area (Å²) < 4.78 is 68.6. The highest BCUT2D eigenvalue weighted by atomic mass is 31.2. The third-order valence-electron chi connectivity index (χ3n) is 17.0. The predicted octanol–water partition coefficient (Wildman–Crippen LogP) is 23.6. The number of carbonyl (C=O) groups excluding carboxylic acids is 4. The standard InChI is InChI=1S/C83H146O17P2/c1-5-9-13-17-21-25-29-33-36-37-38-39-42-46-50-54-58-62-66-70-83(88)100-78(73-93-80(85)67-63-59-55-51-47-43-32-28-24-20-16-12-8-4)75-97-101(89,90)95-71-77(84)72-96-102(91,92)98-76-79(99-82(87)69-65-61-57-53-49-45-41-35-31-27-23-19-15-11-7-3)74-94-81(86)68-64-60-56-52-48-44-40-34-30-26-22-18-14-10-6-2/h9,13,21,25,28,32-36,38-41,46,50,77-79,84H,5-8,10-12,14-20,22-24,26-27,29-31,37,42-45,47-49,51-76H2,1-4H3,(H,89,90)(H,91,92)/b13-9-,25-21-,32-28-,36-33-,39-38-,40-34-,41-35-,50-46-/t77-,78+,79+/m0/s1. The van der Waals surface area contributed by atoms with Crippen molar-refractivity contribution in [3.05, 3.63) is 97.2 Å². The molecule has 19 heteroatoms. The molecule has 3 N–H and O–H groups in total. The molecule has 0 aliphatic carbocycles. The fraction of sp³-hybridized carbons (Fsp3) is 0.759. The molecule has 0 aliphatic rings. The van der Waals surface area contributed by atoms with Gasteiger partial charge in [-0.25, -0.2) is 9.13 Å². The van der Waals surface area contributed by atoms with E-state index in [0.717, 1.165) is 167 Å². The van der Waals surface area contributed by atoms with Crippen molar-refractivity contribution in [2.45, 2.75) is 367 Å². The van der Waals surface area contributed by atoms with Gasteiger partial charge in [-0.05, 0) is 148 Å². The number of hydrogen-bond acceptors (Lipinski definition) is 15. The maximum Gasteiger partial charge on any atom is 0.472 e. The summed E-state index contributed by atoms with van der Waals surface area (Å²) in [5, 5.41) is 10.6. The van der Waals surface area contributed by atoms with Crippen LogP contribution >= 0.6 is 15.6 Å². The zero-order valence-corrected chi connectivity index (χ0v) is 66.3. The van der Waals surface area contributed by atoms with Crippen molar-refractivity contribution in [1.29, 1.82) is 0 Å². The quantitative estimate of drug-likeness (QED) is 0.0169. The summed E-state index contributed by atoms with van der Waals surface area (Å²) in [6, 6.07) is 0. The smallest absolute Gasteiger partial charge is 0.462 e. The summed E-state index contributed by atoms with van der Waals surface area (Å²) in [6.45, 7) is 4.71. The highest BCUT2D eigenvalue weighted by Gasteiger charge is 2.30. The van der Waals surface area contributed by atoms with E-state index in [1.54, 1.807) is 0 Å². The number of unbranched alkanes of at least 4 members (excludes halogenated alkanes) is 34. The van der Waals surface area contributed by atoms with Crippen molar-refractivity contribution in [1.82, 2.24) is 0 Å². The molecule has 0 heterocycles. The monoisotopic (exact) mass is 1480 g/mol. The number of hydrogen-bond donors (Lipinski definition) is 3. The summed E-state index contributed by atoms with van der Waals surface area (Å²) in [4.78, 5) is 73.0. The second-order valence-electron chi connectivity index (χ2n) is 27.0. The Morgan fingerprint density at radius 1 is 0.284 bits per heavy atom. The topological polar surface area (TPSA) is 237 Å². The minimum absolute atomic E-state index is 0.0540. The van der Waals surface area contributed by atoms with Gasteiger partial charge < -0.3 is 33.8 Å². The van der Waals surface area contributed by atoms with Crippen molar-refractivity contribution < 1.29 is 80.2 Å². The fourth-order valence-electron chi connectivity index (χ4n) is 10.8. The van der Waals surface area contributed by atoms with Gasteiger partial charge in [0.25, 0.3) is 0 Å². The number of ether oxygens (including phenoxy) is 4. The lowest BCUT2D eigenvalue weighted by atomic mass is 10.1. The maximum atomic E-state index is 13.1. The summed E-state index contributed by atoms with van der Waals surface area (Å²) >= 11 is 0. The van der Waals surface area contributed by atoms with Crippen molar-refractivity contribution in [3.63, 3.8) is 0 Å². The Balaban J connectivity index is 5.39. The number of rotatable bonds is 76. The highest BCUT2D eigenvalue weighted by molar-refractivity contribution is 7.47. The molecule has 0 bridgehead atoms. The van der Waals surface area contributed by atoms with Gasteiger partial charge in [-0.3, -0.25) is 37.3 Å². The lowest BCUT2D eigenvalue weighted by Gasteiger charge is -2.21. The molecule has 0 aromatic carbocycles. The van der Waals surface area contributed by atoms with Crippen LogP contribution in [-0.4, -0.2) is 96.7 Å². The molecule has 0 aromatic heterocycles. The number of aliphatic hydroxyl groups is 1. The number of esters is 4. The highest BCUT2D eigenvalue weighted by Crippen LogP contribution is 2.45. The molecular formula is C83H146O17P2. The molecule has 5 atom stereocenters. The SMILES string of the molecule is CC/C=C\C/C=C\C/C=C\C/C=C\C/C=C\CCCCCC(=O)O[C@H](COC(=O)CCCCCCC/C=C\CCCCCC)COP(=O)(O)OC[C@H](O)COP(=O)(O)OC[C@@H](COC(=O)CCCCCCC/C=C\CCCCCCCC)OC(=O)CCCCCCC/C=C\CCCCCCCC. The molecule has 0 fully saturated rings. The van der Waals surface area contributed by atoms with Crippen LogP contribution in [-0.2, 0) is 65.4 Å². The van der Waals surface area contributed by atoms with E-state index >= 15 is 0 Å². The number of phosphoric ester groups is 2. The average Bonchev–Trinajstić information content (AvgIpc) is 0.924. The Labute approximate surface area is 620 Å². The van der Waals surface area contributed by atoms with E-state index in [0.29, 0.717) is 25.7 Å². The molecule has 0 aliphatic heterocycles. The molecular weight excluding hydrogens is 1330 g/mol. The molecule has 0 aromatic rings. The van der Waals surface area contributed by atoms with E-state index in [-0.39, 0.29) is 25.7 Å². The van der Waals surface area contributed by atoms with Crippen molar-refractivity contribution >= 4 is 39.5 Å². The van der Waals surface area contributed by atoms with Crippen LogP contribution in [0.3, 0.4) is 0 Å². The van der Waals surface area contributed by atoms with Crippen molar-refractivity contribution in [3.8, 4) is 0 Å². The number of aliphatic hydroxyl groups excluding tert-OH is 1. The largest absolute Gasteiger partial charge is 0.472 e. The molecule has 0 radical (unpaired) electrons. The average molecular weight is 1480 g/mol. The zero-order chi connectivity index (χ0) is 74.6. The summed E-state index contributed by atoms with van der Waals surface area (Å²) in [6.07, 6.45) is 79.5. The van der Waals surface area contributed by atoms with Crippen molar-refractivity contribution in [2.24, 2.45) is 0 Å². The van der Waals surface area contributed by atoms with Gasteiger partial charge in [-0.15, -0.1) is 0 Å². The first-order valence-electron chi connectivity index (χ1n) is 40.5. The molecule has 0 saturated heterocycles. The van der Waals surface area contributed by atoms with E-state index in [1.807, 2.05) is 0 Å². The minimum atomic E-state index is -4.99. The zero-order valence-electron chi connectivity index (χ0n) is 64.5.